The Balaban J connectivity index is 0.000000269. The number of aliphatic hydroxyl groups excluding tert-OH is 1. The van der Waals surface area contributed by atoms with Gasteiger partial charge in [0.1, 0.15) is 24.8 Å². The molecule has 19 nitrogen and oxygen atoms in total. The van der Waals surface area contributed by atoms with Gasteiger partial charge in [0.2, 0.25) is 0 Å². The van der Waals surface area contributed by atoms with E-state index in [0.29, 0.717) is 52.2 Å². The maximum Gasteiger partial charge on any atom is 0.359 e. The van der Waals surface area contributed by atoms with Crippen LogP contribution >= 0.6 is 0 Å². The minimum absolute atomic E-state index is 0. The highest BCUT2D eigenvalue weighted by Gasteiger charge is 2.26. The number of primary amides is 1. The number of para-hydroxylation sites is 2. The van der Waals surface area contributed by atoms with Gasteiger partial charge in [-0.25, -0.2) is 23.5 Å². The number of ether oxygens (including phenoxy) is 3. The molecule has 0 bridgehead atoms. The summed E-state index contributed by atoms with van der Waals surface area (Å²) in [7, 11) is 0.00761. The molecular formula is C55H69N11O8Si2. The summed E-state index contributed by atoms with van der Waals surface area (Å²) in [4.78, 5) is 24.1. The Bertz CT molecular complexity index is 3380. The fraction of sp³-hybridized carbons (Fsp3) is 0.345. The second kappa shape index (κ2) is 25.8. The lowest BCUT2D eigenvalue weighted by atomic mass is 10.0. The van der Waals surface area contributed by atoms with E-state index < -0.39 is 39.2 Å². The maximum absolute atomic E-state index is 12.2. The first kappa shape index (κ1) is 59.3. The van der Waals surface area contributed by atoms with Gasteiger partial charge in [-0.2, -0.15) is 10.2 Å². The van der Waals surface area contributed by atoms with Crippen molar-refractivity contribution in [1.82, 2.24) is 49.5 Å². The SMILES string of the molecule is C.CC(O)(C#Cc1cccc(-n2nc(C(N)=O)c3ccccc32)c1)c1cn(COCC[Si](C)(C)C)nn1.CO.COC(=O)c1nn(-c2cccc(C#CC(C)(O)c3cn(COCC[Si](C)(C)C)nn3)c2)c2ccccc12. The molecule has 0 spiro atoms. The van der Waals surface area contributed by atoms with E-state index in [9.17, 15) is 19.8 Å². The number of benzene rings is 4. The van der Waals surface area contributed by atoms with Gasteiger partial charge in [-0.05, 0) is 74.5 Å². The molecule has 8 aromatic rings. The number of rotatable bonds is 16. The second-order valence-electron chi connectivity index (χ2n) is 20.1. The average molecular weight is 1070 g/mol. The third kappa shape index (κ3) is 15.7. The smallest absolute Gasteiger partial charge is 0.359 e. The van der Waals surface area contributed by atoms with E-state index >= 15 is 0 Å². The van der Waals surface area contributed by atoms with Gasteiger partial charge in [-0.1, -0.05) is 129 Å². The Labute approximate surface area is 445 Å². The molecule has 21 heteroatoms. The van der Waals surface area contributed by atoms with Crippen LogP contribution in [-0.2, 0) is 38.9 Å². The van der Waals surface area contributed by atoms with Gasteiger partial charge in [-0.3, -0.25) is 4.79 Å². The molecule has 0 aliphatic heterocycles. The molecule has 8 rings (SSSR count). The number of esters is 1. The normalized spacial score (nSPS) is 12.8. The summed E-state index contributed by atoms with van der Waals surface area (Å²) >= 11 is 0. The lowest BCUT2D eigenvalue weighted by Gasteiger charge is -2.15. The molecule has 0 fully saturated rings. The minimum atomic E-state index is -1.51. The maximum atomic E-state index is 12.2. The molecular weight excluding hydrogens is 999 g/mol. The van der Waals surface area contributed by atoms with Crippen molar-refractivity contribution in [1.29, 1.82) is 0 Å². The largest absolute Gasteiger partial charge is 0.464 e. The van der Waals surface area contributed by atoms with Crippen molar-refractivity contribution in [2.45, 2.75) is 97.3 Å². The third-order valence-corrected chi connectivity index (χ3v) is 14.8. The number of hydrogen-bond acceptors (Lipinski definition) is 14. The Kier molecular flexibility index (Phi) is 20.1. The van der Waals surface area contributed by atoms with E-state index in [0.717, 1.165) is 35.9 Å². The fourth-order valence-corrected chi connectivity index (χ4v) is 8.66. The van der Waals surface area contributed by atoms with Crippen LogP contribution in [-0.4, -0.2) is 120 Å². The summed E-state index contributed by atoms with van der Waals surface area (Å²) < 4.78 is 22.7. The summed E-state index contributed by atoms with van der Waals surface area (Å²) in [5.41, 5.74) is 7.91. The number of amides is 1. The Morgan fingerprint density at radius 3 is 1.45 bits per heavy atom. The zero-order valence-corrected chi connectivity index (χ0v) is 46.1. The first-order valence-electron chi connectivity index (χ1n) is 24.1. The Hall–Kier alpha value is -7.61. The molecule has 0 aliphatic carbocycles. The zero-order valence-electron chi connectivity index (χ0n) is 44.1. The predicted molar refractivity (Wildman–Crippen MR) is 298 cm³/mol. The third-order valence-electron chi connectivity index (χ3n) is 11.4. The quantitative estimate of drug-likeness (QED) is 0.0317. The highest BCUT2D eigenvalue weighted by atomic mass is 28.3. The van der Waals surface area contributed by atoms with Crippen LogP contribution in [0.4, 0.5) is 0 Å². The monoisotopic (exact) mass is 1070 g/mol. The Morgan fingerprint density at radius 1 is 0.632 bits per heavy atom. The number of nitrogens with zero attached hydrogens (tertiary/aromatic N) is 10. The van der Waals surface area contributed by atoms with Gasteiger partial charge < -0.3 is 35.3 Å². The van der Waals surface area contributed by atoms with Gasteiger partial charge in [0.15, 0.2) is 22.6 Å². The topological polar surface area (TPSA) is 246 Å². The van der Waals surface area contributed by atoms with Crippen LogP contribution in [0, 0.1) is 23.7 Å². The second-order valence-corrected chi connectivity index (χ2v) is 31.4. The number of carbonyl (C=O) groups is 2. The molecule has 2 unspecified atom stereocenters. The van der Waals surface area contributed by atoms with Gasteiger partial charge in [-0.15, -0.1) is 10.2 Å². The molecule has 0 saturated carbocycles. The molecule has 1 amide bonds. The van der Waals surface area contributed by atoms with Gasteiger partial charge in [0.25, 0.3) is 5.91 Å². The van der Waals surface area contributed by atoms with E-state index in [1.54, 1.807) is 45.0 Å². The molecule has 400 valence electrons. The number of fused-ring (bicyclic) bond motifs is 2. The average Bonchev–Trinajstić information content (AvgIpc) is 4.23. The lowest BCUT2D eigenvalue weighted by Crippen LogP contribution is -2.22. The van der Waals surface area contributed by atoms with Crippen LogP contribution in [0.1, 0.15) is 64.8 Å². The summed E-state index contributed by atoms with van der Waals surface area (Å²) in [6, 6.07) is 31.7. The van der Waals surface area contributed by atoms with E-state index in [-0.39, 0.29) is 32.3 Å². The van der Waals surface area contributed by atoms with Crippen molar-refractivity contribution in [3.63, 3.8) is 0 Å². The molecule has 76 heavy (non-hydrogen) atoms. The van der Waals surface area contributed by atoms with E-state index in [1.807, 2.05) is 97.1 Å². The van der Waals surface area contributed by atoms with Crippen LogP contribution in [0.3, 0.4) is 0 Å². The molecule has 0 radical (unpaired) electrons. The molecule has 4 aromatic carbocycles. The minimum Gasteiger partial charge on any atom is -0.464 e. The van der Waals surface area contributed by atoms with Crippen molar-refractivity contribution in [3.8, 4) is 35.1 Å². The van der Waals surface area contributed by atoms with Gasteiger partial charge in [0, 0.05) is 58.4 Å². The molecule has 0 saturated heterocycles. The standard InChI is InChI=1S/C27H31N5O4Si.C26H30N6O3Si.CH4O.CH4/c1-27(34,24-18-31(30-28-24)19-36-15-16-37(3,4)5)14-13-20-9-8-10-21(17-20)32-23-12-7-6-11-22(23)25(29-32)26(33)35-2;1-26(34,23-17-31(30-28-23)18-35-14-15-36(2,3)4)13-12-19-8-7-9-20(16-19)32-22-11-6-5-10-21(22)24(29-32)25(27)33;1-2;/h6-12,17-18,34H,15-16,19H2,1-5H3;5-11,16-17,34H,14-15,18H2,1-4H3,(H2,27,33);2H,1H3;1H4. The fourth-order valence-electron chi connectivity index (χ4n) is 7.14. The molecule has 2 atom stereocenters. The van der Waals surface area contributed by atoms with Crippen molar-refractivity contribution >= 4 is 49.8 Å². The molecule has 4 heterocycles. The lowest BCUT2D eigenvalue weighted by molar-refractivity contribution is 0.0595. The highest BCUT2D eigenvalue weighted by Crippen LogP contribution is 2.26. The van der Waals surface area contributed by atoms with Crippen LogP contribution in [0.2, 0.25) is 51.4 Å². The number of aliphatic hydroxyl groups is 3. The predicted octanol–water partition coefficient (Wildman–Crippen LogP) is 7.51. The summed E-state index contributed by atoms with van der Waals surface area (Å²) in [6.07, 6.45) is 3.28. The van der Waals surface area contributed by atoms with Crippen LogP contribution in [0.5, 0.6) is 0 Å². The van der Waals surface area contributed by atoms with Crippen molar-refractivity contribution < 1.29 is 39.1 Å². The molecule has 4 aromatic heterocycles. The van der Waals surface area contributed by atoms with Crippen LogP contribution < -0.4 is 5.73 Å². The summed E-state index contributed by atoms with van der Waals surface area (Å²) in [6.45, 7) is 18.8. The molecule has 5 N–H and O–H groups in total. The van der Waals surface area contributed by atoms with Crippen LogP contribution in [0.25, 0.3) is 33.2 Å². The summed E-state index contributed by atoms with van der Waals surface area (Å²) in [5, 5.41) is 55.4. The van der Waals surface area contributed by atoms with E-state index in [4.69, 9.17) is 25.1 Å². The number of methoxy groups -OCH3 is 1. The summed E-state index contributed by atoms with van der Waals surface area (Å²) in [5.74, 6) is 10.7. The number of carbonyl (C=O) groups excluding carboxylic acids is 2. The highest BCUT2D eigenvalue weighted by molar-refractivity contribution is 6.76. The zero-order chi connectivity index (χ0) is 54.6. The molecule has 0 aliphatic rings. The Morgan fingerprint density at radius 2 is 1.04 bits per heavy atom. The first-order valence-corrected chi connectivity index (χ1v) is 31.5. The van der Waals surface area contributed by atoms with Crippen molar-refractivity contribution in [3.05, 3.63) is 143 Å². The van der Waals surface area contributed by atoms with Gasteiger partial charge in [0.05, 0.1) is 41.9 Å². The van der Waals surface area contributed by atoms with E-state index in [1.165, 1.54) is 7.11 Å². The first-order chi connectivity index (χ1) is 35.6. The van der Waals surface area contributed by atoms with Crippen molar-refractivity contribution in [2.24, 2.45) is 5.73 Å². The van der Waals surface area contributed by atoms with Crippen molar-refractivity contribution in [2.75, 3.05) is 27.4 Å². The van der Waals surface area contributed by atoms with Crippen LogP contribution in [0.15, 0.2) is 109 Å². The number of nitrogens with two attached hydrogens (primary N) is 1. The number of hydrogen-bond donors (Lipinski definition) is 4. The van der Waals surface area contributed by atoms with E-state index in [2.05, 4.69) is 93.8 Å². The number of aromatic nitrogens is 10. The van der Waals surface area contributed by atoms with Gasteiger partial charge >= 0.3 is 5.97 Å².